The summed E-state index contributed by atoms with van der Waals surface area (Å²) in [5, 5.41) is 3.93. The smallest absolute Gasteiger partial charge is 0.269 e. The van der Waals surface area contributed by atoms with Crippen molar-refractivity contribution in [2.75, 3.05) is 4.90 Å². The van der Waals surface area contributed by atoms with E-state index in [-0.39, 0.29) is 5.91 Å². The highest BCUT2D eigenvalue weighted by atomic mass is 79.9. The quantitative estimate of drug-likeness (QED) is 0.778. The molecule has 2 aromatic rings. The van der Waals surface area contributed by atoms with E-state index in [0.29, 0.717) is 28.5 Å². The molecule has 3 heterocycles. The number of hydrogen-bond acceptors (Lipinski definition) is 5. The molecule has 0 saturated heterocycles. The molecule has 0 bridgehead atoms. The van der Waals surface area contributed by atoms with Gasteiger partial charge in [0.15, 0.2) is 17.7 Å². The number of amides is 1. The average molecular weight is 352 g/mol. The Hall–Kier alpha value is -1.89. The first-order valence-electron chi connectivity index (χ1n) is 6.53. The van der Waals surface area contributed by atoms with E-state index >= 15 is 0 Å². The van der Waals surface area contributed by atoms with Gasteiger partial charge >= 0.3 is 0 Å². The molecule has 1 atom stereocenters. The van der Waals surface area contributed by atoms with E-state index in [0.717, 1.165) is 11.3 Å². The zero-order valence-electron chi connectivity index (χ0n) is 11.9. The standard InChI is InChI=1S/C14H14BrN3O3/c1-7-10(8(2)21-17-7)6-18-13-11(4-5-12(15)16-13)20-9(3)14(18)19/h4-5,9H,6H2,1-3H3. The van der Waals surface area contributed by atoms with Gasteiger partial charge in [-0.15, -0.1) is 0 Å². The second kappa shape index (κ2) is 5.14. The molecule has 0 fully saturated rings. The van der Waals surface area contributed by atoms with Crippen LogP contribution in [0.25, 0.3) is 0 Å². The van der Waals surface area contributed by atoms with Gasteiger partial charge in [0.25, 0.3) is 5.91 Å². The second-order valence-corrected chi connectivity index (χ2v) is 5.76. The van der Waals surface area contributed by atoms with E-state index in [1.165, 1.54) is 0 Å². The molecule has 3 rings (SSSR count). The molecule has 6 nitrogen and oxygen atoms in total. The Morgan fingerprint density at radius 2 is 2.14 bits per heavy atom. The number of carbonyl (C=O) groups is 1. The third kappa shape index (κ3) is 2.42. The molecule has 0 spiro atoms. The van der Waals surface area contributed by atoms with E-state index in [1.54, 1.807) is 24.0 Å². The van der Waals surface area contributed by atoms with Gasteiger partial charge in [0.2, 0.25) is 0 Å². The summed E-state index contributed by atoms with van der Waals surface area (Å²) in [4.78, 5) is 18.4. The van der Waals surface area contributed by atoms with Crippen LogP contribution in [-0.4, -0.2) is 22.2 Å². The molecule has 110 valence electrons. The van der Waals surface area contributed by atoms with Crippen LogP contribution < -0.4 is 9.64 Å². The Balaban J connectivity index is 2.04. The van der Waals surface area contributed by atoms with Crippen molar-refractivity contribution in [1.29, 1.82) is 0 Å². The van der Waals surface area contributed by atoms with E-state index in [1.807, 2.05) is 13.8 Å². The lowest BCUT2D eigenvalue weighted by Crippen LogP contribution is -2.44. The summed E-state index contributed by atoms with van der Waals surface area (Å²) in [6.45, 7) is 5.78. The molecule has 1 aliphatic heterocycles. The zero-order chi connectivity index (χ0) is 15.1. The topological polar surface area (TPSA) is 68.5 Å². The molecule has 1 unspecified atom stereocenters. The van der Waals surface area contributed by atoms with Gasteiger partial charge in [0.05, 0.1) is 12.2 Å². The number of aryl methyl sites for hydroxylation is 2. The average Bonchev–Trinajstić information content (AvgIpc) is 2.76. The lowest BCUT2D eigenvalue weighted by Gasteiger charge is -2.31. The Labute approximate surface area is 130 Å². The first-order valence-corrected chi connectivity index (χ1v) is 7.33. The van der Waals surface area contributed by atoms with Crippen molar-refractivity contribution < 1.29 is 14.1 Å². The number of halogens is 1. The Bertz CT molecular complexity index is 694. The molecule has 1 aliphatic rings. The number of ether oxygens (including phenoxy) is 1. The first kappa shape index (κ1) is 14.1. The normalized spacial score (nSPS) is 17.6. The maximum absolute atomic E-state index is 12.4. The van der Waals surface area contributed by atoms with Gasteiger partial charge in [0, 0.05) is 5.56 Å². The second-order valence-electron chi connectivity index (χ2n) is 4.94. The number of hydrogen-bond donors (Lipinski definition) is 0. The van der Waals surface area contributed by atoms with Crippen molar-refractivity contribution in [3.05, 3.63) is 33.8 Å². The highest BCUT2D eigenvalue weighted by Gasteiger charge is 2.33. The molecule has 2 aromatic heterocycles. The lowest BCUT2D eigenvalue weighted by molar-refractivity contribution is -0.125. The Morgan fingerprint density at radius 3 is 2.81 bits per heavy atom. The van der Waals surface area contributed by atoms with Gasteiger partial charge in [-0.25, -0.2) is 4.98 Å². The van der Waals surface area contributed by atoms with E-state index < -0.39 is 6.10 Å². The Morgan fingerprint density at radius 1 is 1.38 bits per heavy atom. The van der Waals surface area contributed by atoms with Gasteiger partial charge in [-0.3, -0.25) is 9.69 Å². The van der Waals surface area contributed by atoms with Crippen molar-refractivity contribution >= 4 is 27.7 Å². The van der Waals surface area contributed by atoms with Crippen LogP contribution in [0, 0.1) is 13.8 Å². The van der Waals surface area contributed by atoms with Crippen molar-refractivity contribution in [2.45, 2.75) is 33.4 Å². The molecule has 7 heteroatoms. The van der Waals surface area contributed by atoms with Gasteiger partial charge in [-0.2, -0.15) is 0 Å². The minimum Gasteiger partial charge on any atom is -0.477 e. The molecule has 0 aromatic carbocycles. The number of carbonyl (C=O) groups excluding carboxylic acids is 1. The fraction of sp³-hybridized carbons (Fsp3) is 0.357. The van der Waals surface area contributed by atoms with Crippen molar-refractivity contribution in [3.63, 3.8) is 0 Å². The number of aromatic nitrogens is 2. The van der Waals surface area contributed by atoms with E-state index in [9.17, 15) is 4.79 Å². The van der Waals surface area contributed by atoms with Crippen LogP contribution >= 0.6 is 15.9 Å². The van der Waals surface area contributed by atoms with E-state index in [2.05, 4.69) is 26.1 Å². The highest BCUT2D eigenvalue weighted by molar-refractivity contribution is 9.10. The number of fused-ring (bicyclic) bond motifs is 1. The summed E-state index contributed by atoms with van der Waals surface area (Å²) in [6.07, 6.45) is -0.541. The van der Waals surface area contributed by atoms with Gasteiger partial charge in [-0.1, -0.05) is 5.16 Å². The van der Waals surface area contributed by atoms with Crippen LogP contribution in [0.5, 0.6) is 5.75 Å². The molecule has 1 amide bonds. The van der Waals surface area contributed by atoms with Crippen molar-refractivity contribution in [2.24, 2.45) is 0 Å². The van der Waals surface area contributed by atoms with Crippen LogP contribution in [0.15, 0.2) is 21.3 Å². The number of rotatable bonds is 2. The minimum atomic E-state index is -0.541. The van der Waals surface area contributed by atoms with Crippen LogP contribution in [-0.2, 0) is 11.3 Å². The third-order valence-electron chi connectivity index (χ3n) is 3.48. The summed E-state index contributed by atoms with van der Waals surface area (Å²) in [6, 6.07) is 3.59. The Kier molecular flexibility index (Phi) is 3.44. The van der Waals surface area contributed by atoms with Crippen LogP contribution in [0.4, 0.5) is 5.82 Å². The maximum atomic E-state index is 12.4. The number of nitrogens with zero attached hydrogens (tertiary/aromatic N) is 3. The predicted molar refractivity (Wildman–Crippen MR) is 79.2 cm³/mol. The fourth-order valence-electron chi connectivity index (χ4n) is 2.30. The number of anilines is 1. The molecule has 0 radical (unpaired) electrons. The predicted octanol–water partition coefficient (Wildman–Crippen LogP) is 2.76. The van der Waals surface area contributed by atoms with Gasteiger partial charge in [-0.05, 0) is 48.8 Å². The SMILES string of the molecule is Cc1noc(C)c1CN1C(=O)C(C)Oc2ccc(Br)nc21. The molecule has 21 heavy (non-hydrogen) atoms. The molecule has 0 aliphatic carbocycles. The third-order valence-corrected chi connectivity index (χ3v) is 3.92. The minimum absolute atomic E-state index is 0.131. The zero-order valence-corrected chi connectivity index (χ0v) is 13.5. The van der Waals surface area contributed by atoms with Gasteiger partial charge in [0.1, 0.15) is 10.4 Å². The van der Waals surface area contributed by atoms with E-state index in [4.69, 9.17) is 9.26 Å². The van der Waals surface area contributed by atoms with Crippen LogP contribution in [0.3, 0.4) is 0 Å². The molecular weight excluding hydrogens is 338 g/mol. The fourth-order valence-corrected chi connectivity index (χ4v) is 2.60. The summed E-state index contributed by atoms with van der Waals surface area (Å²) in [7, 11) is 0. The molecule has 0 N–H and O–H groups in total. The molecule has 0 saturated carbocycles. The maximum Gasteiger partial charge on any atom is 0.269 e. The summed E-state index contributed by atoms with van der Waals surface area (Å²) in [5.74, 6) is 1.67. The largest absolute Gasteiger partial charge is 0.477 e. The lowest BCUT2D eigenvalue weighted by atomic mass is 10.1. The van der Waals surface area contributed by atoms with Gasteiger partial charge < -0.3 is 9.26 Å². The first-order chi connectivity index (χ1) is 9.97. The van der Waals surface area contributed by atoms with Crippen molar-refractivity contribution in [3.8, 4) is 5.75 Å². The molecular formula is C14H14BrN3O3. The summed E-state index contributed by atoms with van der Waals surface area (Å²) >= 11 is 3.32. The van der Waals surface area contributed by atoms with Crippen LogP contribution in [0.1, 0.15) is 23.9 Å². The summed E-state index contributed by atoms with van der Waals surface area (Å²) in [5.41, 5.74) is 1.67. The van der Waals surface area contributed by atoms with Crippen LogP contribution in [0.2, 0.25) is 0 Å². The highest BCUT2D eigenvalue weighted by Crippen LogP contribution is 2.35. The van der Waals surface area contributed by atoms with Crippen molar-refractivity contribution in [1.82, 2.24) is 10.1 Å². The number of pyridine rings is 1. The monoisotopic (exact) mass is 351 g/mol. The summed E-state index contributed by atoms with van der Waals surface area (Å²) < 4.78 is 11.4.